The van der Waals surface area contributed by atoms with Crippen LogP contribution in [-0.2, 0) is 24.7 Å². The Morgan fingerprint density at radius 3 is 2.85 bits per heavy atom. The van der Waals surface area contributed by atoms with Crippen molar-refractivity contribution in [1.82, 2.24) is 14.5 Å². The molecule has 0 bridgehead atoms. The van der Waals surface area contributed by atoms with E-state index in [1.165, 1.54) is 40.4 Å². The quantitative estimate of drug-likeness (QED) is 0.172. The van der Waals surface area contributed by atoms with Gasteiger partial charge in [-0.3, -0.25) is 24.5 Å². The number of nitrogens with zero attached hydrogens (tertiary/aromatic N) is 4. The smallest absolute Gasteiger partial charge is 0.283 e. The van der Waals surface area contributed by atoms with Crippen LogP contribution in [0.5, 0.6) is 11.5 Å². The number of hydrogen-bond donors (Lipinski definition) is 1. The molecule has 9 nitrogen and oxygen atoms in total. The van der Waals surface area contributed by atoms with Crippen LogP contribution in [-0.4, -0.2) is 50.8 Å². The summed E-state index contributed by atoms with van der Waals surface area (Å²) in [5.74, 6) is 1.34. The maximum Gasteiger partial charge on any atom is 0.283 e. The molecule has 1 aliphatic carbocycles. The number of thiophene rings is 1. The van der Waals surface area contributed by atoms with E-state index in [4.69, 9.17) is 19.9 Å². The van der Waals surface area contributed by atoms with Gasteiger partial charge >= 0.3 is 0 Å². The molecule has 1 amide bonds. The Morgan fingerprint density at radius 2 is 2.02 bits per heavy atom. The molecule has 40 heavy (non-hydrogen) atoms. The number of benzene rings is 1. The van der Waals surface area contributed by atoms with Gasteiger partial charge in [0.25, 0.3) is 11.5 Å². The van der Waals surface area contributed by atoms with Crippen molar-refractivity contribution in [1.29, 1.82) is 5.41 Å². The lowest BCUT2D eigenvalue weighted by Gasteiger charge is -2.25. The molecular formula is C28H27N5O4S3. The van der Waals surface area contributed by atoms with E-state index in [1.54, 1.807) is 53.2 Å². The summed E-state index contributed by atoms with van der Waals surface area (Å²) in [4.78, 5) is 38.5. The van der Waals surface area contributed by atoms with E-state index in [0.29, 0.717) is 39.7 Å². The van der Waals surface area contributed by atoms with Crippen molar-refractivity contribution in [3.63, 3.8) is 0 Å². The number of allylic oxidation sites excluding steroid dienone is 1. The molecule has 1 aromatic carbocycles. The number of fused-ring (bicyclic) bond motifs is 4. The summed E-state index contributed by atoms with van der Waals surface area (Å²) < 4.78 is 13.2. The van der Waals surface area contributed by atoms with Crippen molar-refractivity contribution in [2.75, 3.05) is 19.5 Å². The minimum absolute atomic E-state index is 0.0281. The highest BCUT2D eigenvalue weighted by molar-refractivity contribution is 8.16. The first-order valence-corrected chi connectivity index (χ1v) is 15.6. The number of amides is 1. The van der Waals surface area contributed by atoms with E-state index >= 15 is 0 Å². The second-order valence-electron chi connectivity index (χ2n) is 9.58. The van der Waals surface area contributed by atoms with Gasteiger partial charge in [-0.2, -0.15) is 4.99 Å². The number of ether oxygens (including phenoxy) is 2. The highest BCUT2D eigenvalue weighted by Gasteiger charge is 2.34. The van der Waals surface area contributed by atoms with Crippen LogP contribution < -0.4 is 15.0 Å². The lowest BCUT2D eigenvalue weighted by molar-refractivity contribution is -0.114. The van der Waals surface area contributed by atoms with Crippen molar-refractivity contribution in [2.45, 2.75) is 37.8 Å². The van der Waals surface area contributed by atoms with E-state index in [9.17, 15) is 9.59 Å². The number of amidine groups is 2. The Labute approximate surface area is 243 Å². The predicted octanol–water partition coefficient (Wildman–Crippen LogP) is 5.22. The van der Waals surface area contributed by atoms with Gasteiger partial charge in [-0.1, -0.05) is 29.6 Å². The van der Waals surface area contributed by atoms with Crippen molar-refractivity contribution in [3.8, 4) is 11.5 Å². The molecule has 0 radical (unpaired) electrons. The SMILES string of the molecule is COc1cc(/C=C2/C(=N)N3C(C)=CSC3=NC2=O)ccc1OCCSc1nc2sc3c(c2c(=O)n1C)CCCC3. The summed E-state index contributed by atoms with van der Waals surface area (Å²) in [6.45, 7) is 2.27. The molecule has 206 valence electrons. The fraction of sp³-hybridized carbons (Fsp3) is 0.321. The number of carbonyl (C=O) groups excluding carboxylic acids is 1. The largest absolute Gasteiger partial charge is 0.493 e. The molecule has 6 rings (SSSR count). The minimum Gasteiger partial charge on any atom is -0.493 e. The van der Waals surface area contributed by atoms with Gasteiger partial charge in [-0.05, 0) is 67.4 Å². The average Bonchev–Trinajstić information content (AvgIpc) is 3.51. The summed E-state index contributed by atoms with van der Waals surface area (Å²) in [5, 5.41) is 12.4. The van der Waals surface area contributed by atoms with Gasteiger partial charge in [0.2, 0.25) is 0 Å². The Kier molecular flexibility index (Phi) is 7.32. The summed E-state index contributed by atoms with van der Waals surface area (Å²) in [7, 11) is 3.34. The zero-order chi connectivity index (χ0) is 28.0. The Balaban J connectivity index is 1.14. The van der Waals surface area contributed by atoms with Crippen molar-refractivity contribution >= 4 is 68.1 Å². The molecular weight excluding hydrogens is 567 g/mol. The van der Waals surface area contributed by atoms with Crippen molar-refractivity contribution in [2.24, 2.45) is 12.0 Å². The normalized spacial score (nSPS) is 17.7. The second-order valence-corrected chi connectivity index (χ2v) is 12.6. The van der Waals surface area contributed by atoms with Crippen LogP contribution in [0.15, 0.2) is 49.8 Å². The monoisotopic (exact) mass is 593 g/mol. The predicted molar refractivity (Wildman–Crippen MR) is 162 cm³/mol. The van der Waals surface area contributed by atoms with E-state index in [0.717, 1.165) is 35.2 Å². The van der Waals surface area contributed by atoms with E-state index in [2.05, 4.69) is 4.99 Å². The molecule has 0 spiro atoms. The number of nitrogens with one attached hydrogen (secondary N) is 1. The molecule has 2 aromatic heterocycles. The maximum absolute atomic E-state index is 13.1. The molecule has 0 saturated carbocycles. The number of aliphatic imine (C=N–C) groups is 1. The van der Waals surface area contributed by atoms with Gasteiger partial charge in [0.05, 0.1) is 24.7 Å². The first kappa shape index (κ1) is 26.9. The molecule has 2 aliphatic heterocycles. The Morgan fingerprint density at radius 1 is 1.20 bits per heavy atom. The fourth-order valence-corrected chi connectivity index (χ4v) is 7.93. The number of carbonyl (C=O) groups is 1. The first-order chi connectivity index (χ1) is 19.4. The molecule has 0 fully saturated rings. The number of thioether (sulfide) groups is 2. The van der Waals surface area contributed by atoms with Crippen LogP contribution >= 0.6 is 34.9 Å². The van der Waals surface area contributed by atoms with Crippen LogP contribution in [0.2, 0.25) is 0 Å². The molecule has 0 atom stereocenters. The number of hydrogen-bond acceptors (Lipinski definition) is 9. The lowest BCUT2D eigenvalue weighted by Crippen LogP contribution is -2.37. The molecule has 3 aromatic rings. The fourth-order valence-electron chi connectivity index (χ4n) is 4.98. The maximum atomic E-state index is 13.1. The summed E-state index contributed by atoms with van der Waals surface area (Å²) in [5.41, 5.74) is 3.00. The summed E-state index contributed by atoms with van der Waals surface area (Å²) in [6.07, 6.45) is 5.95. The third kappa shape index (κ3) is 4.77. The van der Waals surface area contributed by atoms with Gasteiger partial charge in [0, 0.05) is 23.4 Å². The van der Waals surface area contributed by atoms with E-state index in [-0.39, 0.29) is 17.0 Å². The molecule has 1 N–H and O–H groups in total. The van der Waals surface area contributed by atoms with Crippen LogP contribution in [0.3, 0.4) is 0 Å². The standard InChI is InChI=1S/C28H27N5O4S3/c1-15-14-39-28-30-24(34)18(23(29)33(15)28)12-16-8-9-19(20(13-16)36-3)37-10-11-38-27-31-25-22(26(35)32(27)2)17-6-4-5-7-21(17)40-25/h8-9,12-14,29H,4-7,10-11H2,1-3H3/b18-12-,29-23?. The van der Waals surface area contributed by atoms with Crippen LogP contribution in [0.1, 0.15) is 35.8 Å². The third-order valence-electron chi connectivity index (χ3n) is 7.01. The van der Waals surface area contributed by atoms with Gasteiger partial charge in [-0.25, -0.2) is 4.98 Å². The lowest BCUT2D eigenvalue weighted by atomic mass is 9.97. The zero-order valence-electron chi connectivity index (χ0n) is 22.3. The van der Waals surface area contributed by atoms with Gasteiger partial charge in [0.15, 0.2) is 21.8 Å². The number of methoxy groups -OCH3 is 1. The number of rotatable bonds is 7. The molecule has 0 unspecified atom stereocenters. The molecule has 0 saturated heterocycles. The molecule has 3 aliphatic rings. The van der Waals surface area contributed by atoms with Gasteiger partial charge in [-0.15, -0.1) is 11.3 Å². The average molecular weight is 594 g/mol. The molecule has 12 heteroatoms. The zero-order valence-corrected chi connectivity index (χ0v) is 24.7. The topological polar surface area (TPSA) is 110 Å². The highest BCUT2D eigenvalue weighted by Crippen LogP contribution is 2.35. The van der Waals surface area contributed by atoms with Gasteiger partial charge in [0.1, 0.15) is 10.7 Å². The van der Waals surface area contributed by atoms with E-state index < -0.39 is 5.91 Å². The van der Waals surface area contributed by atoms with E-state index in [1.807, 2.05) is 18.4 Å². The summed E-state index contributed by atoms with van der Waals surface area (Å²) in [6, 6.07) is 5.38. The summed E-state index contributed by atoms with van der Waals surface area (Å²) >= 11 is 4.49. The third-order valence-corrected chi connectivity index (χ3v) is 10.1. The Hall–Kier alpha value is -3.35. The van der Waals surface area contributed by atoms with Gasteiger partial charge < -0.3 is 9.47 Å². The van der Waals surface area contributed by atoms with Crippen LogP contribution in [0.25, 0.3) is 16.3 Å². The second kappa shape index (κ2) is 10.9. The number of aryl methyl sites for hydroxylation is 2. The Bertz CT molecular complexity index is 1720. The van der Waals surface area contributed by atoms with Crippen LogP contribution in [0, 0.1) is 5.41 Å². The van der Waals surface area contributed by atoms with Crippen molar-refractivity contribution in [3.05, 3.63) is 61.2 Å². The number of aromatic nitrogens is 2. The first-order valence-electron chi connectivity index (χ1n) is 12.9. The molecule has 4 heterocycles. The van der Waals surface area contributed by atoms with Crippen LogP contribution in [0.4, 0.5) is 0 Å². The minimum atomic E-state index is -0.438. The van der Waals surface area contributed by atoms with Crippen molar-refractivity contribution < 1.29 is 14.3 Å². The highest BCUT2D eigenvalue weighted by atomic mass is 32.2.